The molecule has 1 atom stereocenters. The SMILES string of the molecule is COCCC(N)c1nc2cc(F)ccc2n1C. The molecule has 1 aromatic heterocycles. The number of ether oxygens (including phenoxy) is 1. The van der Waals surface area contributed by atoms with Crippen LogP contribution < -0.4 is 5.73 Å². The fraction of sp³-hybridized carbons (Fsp3) is 0.417. The summed E-state index contributed by atoms with van der Waals surface area (Å²) in [6.45, 7) is 0.582. The first-order valence-electron chi connectivity index (χ1n) is 5.50. The highest BCUT2D eigenvalue weighted by molar-refractivity contribution is 5.76. The maximum atomic E-state index is 13.1. The lowest BCUT2D eigenvalue weighted by molar-refractivity contribution is 0.187. The maximum absolute atomic E-state index is 13.1. The number of benzene rings is 1. The molecule has 2 rings (SSSR count). The lowest BCUT2D eigenvalue weighted by atomic mass is 10.2. The average Bonchev–Trinajstić information content (AvgIpc) is 2.63. The Balaban J connectivity index is 2.37. The second-order valence-electron chi connectivity index (χ2n) is 4.05. The molecule has 0 fully saturated rings. The molecule has 5 heteroatoms. The van der Waals surface area contributed by atoms with Crippen molar-refractivity contribution < 1.29 is 9.13 Å². The molecule has 0 aliphatic heterocycles. The van der Waals surface area contributed by atoms with Gasteiger partial charge in [0, 0.05) is 26.8 Å². The van der Waals surface area contributed by atoms with E-state index in [4.69, 9.17) is 10.5 Å². The second kappa shape index (κ2) is 4.81. The summed E-state index contributed by atoms with van der Waals surface area (Å²) in [6.07, 6.45) is 0.691. The van der Waals surface area contributed by atoms with Crippen molar-refractivity contribution in [1.82, 2.24) is 9.55 Å². The van der Waals surface area contributed by atoms with Crippen molar-refractivity contribution in [2.24, 2.45) is 12.8 Å². The number of hydrogen-bond donors (Lipinski definition) is 1. The van der Waals surface area contributed by atoms with Crippen LogP contribution in [-0.4, -0.2) is 23.3 Å². The second-order valence-corrected chi connectivity index (χ2v) is 4.05. The maximum Gasteiger partial charge on any atom is 0.126 e. The van der Waals surface area contributed by atoms with Crippen LogP contribution in [0.2, 0.25) is 0 Å². The molecule has 0 saturated heterocycles. The molecule has 2 aromatic rings. The third kappa shape index (κ3) is 2.30. The van der Waals surface area contributed by atoms with E-state index >= 15 is 0 Å². The van der Waals surface area contributed by atoms with Gasteiger partial charge in [-0.25, -0.2) is 9.37 Å². The molecule has 1 heterocycles. The van der Waals surface area contributed by atoms with E-state index in [2.05, 4.69) is 4.98 Å². The van der Waals surface area contributed by atoms with Crippen LogP contribution in [0.3, 0.4) is 0 Å². The van der Waals surface area contributed by atoms with Gasteiger partial charge < -0.3 is 15.0 Å². The van der Waals surface area contributed by atoms with Crippen LogP contribution >= 0.6 is 0 Å². The van der Waals surface area contributed by atoms with Gasteiger partial charge in [0.25, 0.3) is 0 Å². The minimum absolute atomic E-state index is 0.199. The third-order valence-corrected chi connectivity index (χ3v) is 2.84. The number of halogens is 1. The van der Waals surface area contributed by atoms with Crippen molar-refractivity contribution in [2.45, 2.75) is 12.5 Å². The summed E-state index contributed by atoms with van der Waals surface area (Å²) in [5, 5.41) is 0. The molecule has 92 valence electrons. The van der Waals surface area contributed by atoms with Crippen molar-refractivity contribution >= 4 is 11.0 Å². The smallest absolute Gasteiger partial charge is 0.126 e. The predicted molar refractivity (Wildman–Crippen MR) is 64.1 cm³/mol. The number of aromatic nitrogens is 2. The molecule has 0 aliphatic rings. The minimum atomic E-state index is -0.285. The van der Waals surface area contributed by atoms with E-state index < -0.39 is 0 Å². The summed E-state index contributed by atoms with van der Waals surface area (Å²) < 4.78 is 20.0. The number of methoxy groups -OCH3 is 1. The summed E-state index contributed by atoms with van der Waals surface area (Å²) >= 11 is 0. The Morgan fingerprint density at radius 3 is 3.00 bits per heavy atom. The summed E-state index contributed by atoms with van der Waals surface area (Å²) in [5.41, 5.74) is 7.54. The normalized spacial score (nSPS) is 13.2. The van der Waals surface area contributed by atoms with Gasteiger partial charge in [-0.1, -0.05) is 0 Å². The largest absolute Gasteiger partial charge is 0.385 e. The van der Waals surface area contributed by atoms with Crippen LogP contribution in [0, 0.1) is 5.82 Å². The number of rotatable bonds is 4. The molecule has 0 spiro atoms. The Bertz CT molecular complexity index is 524. The topological polar surface area (TPSA) is 53.1 Å². The van der Waals surface area contributed by atoms with Crippen molar-refractivity contribution in [1.29, 1.82) is 0 Å². The molecule has 0 bridgehead atoms. The van der Waals surface area contributed by atoms with Crippen molar-refractivity contribution in [3.05, 3.63) is 29.8 Å². The number of nitrogens with two attached hydrogens (primary N) is 1. The first-order valence-corrected chi connectivity index (χ1v) is 5.50. The van der Waals surface area contributed by atoms with Crippen LogP contribution in [0.5, 0.6) is 0 Å². The molecule has 4 nitrogen and oxygen atoms in total. The summed E-state index contributed by atoms with van der Waals surface area (Å²) in [5.74, 6) is 0.468. The number of aryl methyl sites for hydroxylation is 1. The zero-order valence-electron chi connectivity index (χ0n) is 9.98. The number of nitrogens with zero attached hydrogens (tertiary/aromatic N) is 2. The Morgan fingerprint density at radius 1 is 1.53 bits per heavy atom. The van der Waals surface area contributed by atoms with Gasteiger partial charge in [0.05, 0.1) is 17.1 Å². The van der Waals surface area contributed by atoms with Crippen molar-refractivity contribution in [3.63, 3.8) is 0 Å². The molecule has 2 N–H and O–H groups in total. The standard InChI is InChI=1S/C12H16FN3O/c1-16-11-4-3-8(13)7-10(11)15-12(16)9(14)5-6-17-2/h3-4,7,9H,5-6,14H2,1-2H3. The van der Waals surface area contributed by atoms with E-state index in [1.165, 1.54) is 12.1 Å². The first-order chi connectivity index (χ1) is 8.13. The zero-order chi connectivity index (χ0) is 12.4. The van der Waals surface area contributed by atoms with Crippen molar-refractivity contribution in [2.75, 3.05) is 13.7 Å². The van der Waals surface area contributed by atoms with Gasteiger partial charge in [0.2, 0.25) is 0 Å². The monoisotopic (exact) mass is 237 g/mol. The van der Waals surface area contributed by atoms with Crippen LogP contribution in [-0.2, 0) is 11.8 Å². The third-order valence-electron chi connectivity index (χ3n) is 2.84. The zero-order valence-corrected chi connectivity index (χ0v) is 9.98. The fourth-order valence-electron chi connectivity index (χ4n) is 1.90. The van der Waals surface area contributed by atoms with E-state index in [9.17, 15) is 4.39 Å². The van der Waals surface area contributed by atoms with E-state index in [0.717, 1.165) is 11.3 Å². The molecule has 0 saturated carbocycles. The minimum Gasteiger partial charge on any atom is -0.385 e. The number of fused-ring (bicyclic) bond motifs is 1. The molecule has 0 aliphatic carbocycles. The molecule has 0 radical (unpaired) electrons. The number of imidazole rings is 1. The highest BCUT2D eigenvalue weighted by atomic mass is 19.1. The Labute approximate surface area is 99.2 Å². The van der Waals surface area contributed by atoms with E-state index in [-0.39, 0.29) is 11.9 Å². The quantitative estimate of drug-likeness (QED) is 0.881. The van der Waals surface area contributed by atoms with Gasteiger partial charge in [-0.3, -0.25) is 0 Å². The predicted octanol–water partition coefficient (Wildman–Crippen LogP) is 1.75. The van der Waals surface area contributed by atoms with Gasteiger partial charge in [-0.05, 0) is 18.6 Å². The molecule has 17 heavy (non-hydrogen) atoms. The van der Waals surface area contributed by atoms with Gasteiger partial charge in [0.1, 0.15) is 11.6 Å². The van der Waals surface area contributed by atoms with Crippen LogP contribution in [0.1, 0.15) is 18.3 Å². The van der Waals surface area contributed by atoms with Crippen LogP contribution in [0.25, 0.3) is 11.0 Å². The highest BCUT2D eigenvalue weighted by Crippen LogP contribution is 2.20. The highest BCUT2D eigenvalue weighted by Gasteiger charge is 2.14. The Hall–Kier alpha value is -1.46. The summed E-state index contributed by atoms with van der Waals surface area (Å²) in [6, 6.07) is 4.36. The van der Waals surface area contributed by atoms with Gasteiger partial charge in [-0.15, -0.1) is 0 Å². The first kappa shape index (κ1) is 12.0. The summed E-state index contributed by atoms with van der Waals surface area (Å²) in [7, 11) is 3.52. The lowest BCUT2D eigenvalue weighted by Gasteiger charge is -2.10. The molecule has 1 aromatic carbocycles. The average molecular weight is 237 g/mol. The molecule has 0 amide bonds. The molecular formula is C12H16FN3O. The Morgan fingerprint density at radius 2 is 2.29 bits per heavy atom. The number of hydrogen-bond acceptors (Lipinski definition) is 3. The van der Waals surface area contributed by atoms with Gasteiger partial charge >= 0.3 is 0 Å². The van der Waals surface area contributed by atoms with Gasteiger partial charge in [-0.2, -0.15) is 0 Å². The fourth-order valence-corrected chi connectivity index (χ4v) is 1.90. The van der Waals surface area contributed by atoms with Crippen LogP contribution in [0.4, 0.5) is 4.39 Å². The van der Waals surface area contributed by atoms with E-state index in [1.807, 2.05) is 11.6 Å². The van der Waals surface area contributed by atoms with E-state index in [1.54, 1.807) is 13.2 Å². The van der Waals surface area contributed by atoms with Crippen LogP contribution in [0.15, 0.2) is 18.2 Å². The van der Waals surface area contributed by atoms with E-state index in [0.29, 0.717) is 18.5 Å². The molecule has 1 unspecified atom stereocenters. The Kier molecular flexibility index (Phi) is 3.40. The summed E-state index contributed by atoms with van der Waals surface area (Å²) in [4.78, 5) is 4.37. The van der Waals surface area contributed by atoms with Gasteiger partial charge in [0.15, 0.2) is 0 Å². The molecular weight excluding hydrogens is 221 g/mol. The lowest BCUT2D eigenvalue weighted by Crippen LogP contribution is -2.17. The van der Waals surface area contributed by atoms with Crippen molar-refractivity contribution in [3.8, 4) is 0 Å².